The molecular formula is C14H27ClN2O2. The molecule has 2 unspecified atom stereocenters. The average Bonchev–Trinajstić information content (AvgIpc) is 2.88. The van der Waals surface area contributed by atoms with Crippen molar-refractivity contribution in [3.8, 4) is 0 Å². The number of nitrogens with one attached hydrogen (secondary N) is 1. The van der Waals surface area contributed by atoms with Crippen LogP contribution in [-0.4, -0.2) is 48.7 Å². The van der Waals surface area contributed by atoms with Gasteiger partial charge in [-0.1, -0.05) is 19.8 Å². The highest BCUT2D eigenvalue weighted by Gasteiger charge is 2.29. The van der Waals surface area contributed by atoms with Gasteiger partial charge < -0.3 is 15.0 Å². The molecule has 1 amide bonds. The lowest BCUT2D eigenvalue weighted by Crippen LogP contribution is -2.54. The molecule has 1 aliphatic carbocycles. The fourth-order valence-electron chi connectivity index (χ4n) is 2.92. The van der Waals surface area contributed by atoms with Crippen LogP contribution < -0.4 is 5.32 Å². The minimum absolute atomic E-state index is 0. The van der Waals surface area contributed by atoms with Crippen molar-refractivity contribution >= 4 is 18.3 Å². The molecule has 4 nitrogen and oxygen atoms in total. The monoisotopic (exact) mass is 290 g/mol. The van der Waals surface area contributed by atoms with Gasteiger partial charge in [-0.25, -0.2) is 0 Å². The summed E-state index contributed by atoms with van der Waals surface area (Å²) >= 11 is 0. The minimum Gasteiger partial charge on any atom is -0.365 e. The largest absolute Gasteiger partial charge is 0.365 e. The molecule has 5 heteroatoms. The normalized spacial score (nSPS) is 26.0. The van der Waals surface area contributed by atoms with Crippen LogP contribution in [0.25, 0.3) is 0 Å². The van der Waals surface area contributed by atoms with Gasteiger partial charge in [0.25, 0.3) is 5.91 Å². The Labute approximate surface area is 122 Å². The summed E-state index contributed by atoms with van der Waals surface area (Å²) in [6.07, 6.45) is 5.63. The van der Waals surface area contributed by atoms with Crippen molar-refractivity contribution in [3.05, 3.63) is 0 Å². The predicted octanol–water partition coefficient (Wildman–Crippen LogP) is 1.97. The highest BCUT2D eigenvalue weighted by molar-refractivity contribution is 5.85. The van der Waals surface area contributed by atoms with E-state index in [1.54, 1.807) is 0 Å². The van der Waals surface area contributed by atoms with E-state index in [0.717, 1.165) is 38.9 Å². The van der Waals surface area contributed by atoms with E-state index in [-0.39, 0.29) is 24.4 Å². The number of hydrogen-bond acceptors (Lipinski definition) is 3. The van der Waals surface area contributed by atoms with Crippen LogP contribution in [0.1, 0.15) is 46.0 Å². The van der Waals surface area contributed by atoms with Gasteiger partial charge in [0.2, 0.25) is 0 Å². The van der Waals surface area contributed by atoms with Crippen LogP contribution in [-0.2, 0) is 9.53 Å². The molecule has 1 heterocycles. The first-order chi connectivity index (χ1) is 8.70. The molecule has 19 heavy (non-hydrogen) atoms. The first-order valence-electron chi connectivity index (χ1n) is 7.38. The van der Waals surface area contributed by atoms with Crippen LogP contribution in [0.3, 0.4) is 0 Å². The fourth-order valence-corrected chi connectivity index (χ4v) is 2.92. The molecule has 2 atom stereocenters. The SMILES string of the molecule is CCC(OC1CCCC1)C(=O)N1CCNC(C)C1.Cl. The molecule has 1 saturated heterocycles. The summed E-state index contributed by atoms with van der Waals surface area (Å²) in [6, 6.07) is 0.395. The van der Waals surface area contributed by atoms with Gasteiger partial charge in [-0.3, -0.25) is 4.79 Å². The number of carbonyl (C=O) groups excluding carboxylic acids is 1. The first kappa shape index (κ1) is 16.7. The van der Waals surface area contributed by atoms with Crippen molar-refractivity contribution in [2.45, 2.75) is 64.2 Å². The summed E-state index contributed by atoms with van der Waals surface area (Å²) in [5.41, 5.74) is 0. The molecule has 1 saturated carbocycles. The Balaban J connectivity index is 0.00000180. The van der Waals surface area contributed by atoms with Gasteiger partial charge in [-0.2, -0.15) is 0 Å². The highest BCUT2D eigenvalue weighted by atomic mass is 35.5. The molecule has 1 N–H and O–H groups in total. The van der Waals surface area contributed by atoms with E-state index in [0.29, 0.717) is 12.1 Å². The Morgan fingerprint density at radius 2 is 2.11 bits per heavy atom. The Hall–Kier alpha value is -0.320. The van der Waals surface area contributed by atoms with E-state index in [4.69, 9.17) is 4.74 Å². The summed E-state index contributed by atoms with van der Waals surface area (Å²) in [7, 11) is 0. The molecule has 0 aromatic carbocycles. The van der Waals surface area contributed by atoms with Crippen LogP contribution in [0, 0.1) is 0 Å². The highest BCUT2D eigenvalue weighted by Crippen LogP contribution is 2.23. The number of ether oxygens (including phenoxy) is 1. The van der Waals surface area contributed by atoms with E-state index < -0.39 is 0 Å². The van der Waals surface area contributed by atoms with Gasteiger partial charge in [0, 0.05) is 25.7 Å². The van der Waals surface area contributed by atoms with Gasteiger partial charge in [-0.15, -0.1) is 12.4 Å². The van der Waals surface area contributed by atoms with Crippen molar-refractivity contribution in [1.82, 2.24) is 10.2 Å². The molecule has 0 bridgehead atoms. The molecule has 0 aromatic heterocycles. The smallest absolute Gasteiger partial charge is 0.251 e. The van der Waals surface area contributed by atoms with Crippen LogP contribution in [0.2, 0.25) is 0 Å². The number of amides is 1. The van der Waals surface area contributed by atoms with Crippen LogP contribution >= 0.6 is 12.4 Å². The Morgan fingerprint density at radius 1 is 1.42 bits per heavy atom. The summed E-state index contributed by atoms with van der Waals surface area (Å²) < 4.78 is 6.00. The lowest BCUT2D eigenvalue weighted by molar-refractivity contribution is -0.148. The molecule has 2 fully saturated rings. The number of hydrogen-bond donors (Lipinski definition) is 1. The summed E-state index contributed by atoms with van der Waals surface area (Å²) in [6.45, 7) is 6.69. The average molecular weight is 291 g/mol. The van der Waals surface area contributed by atoms with E-state index >= 15 is 0 Å². The molecule has 0 aromatic rings. The van der Waals surface area contributed by atoms with Crippen molar-refractivity contribution in [3.63, 3.8) is 0 Å². The molecular weight excluding hydrogens is 264 g/mol. The van der Waals surface area contributed by atoms with Crippen LogP contribution in [0.15, 0.2) is 0 Å². The third-order valence-electron chi connectivity index (χ3n) is 3.99. The van der Waals surface area contributed by atoms with E-state index in [1.165, 1.54) is 12.8 Å². The number of rotatable bonds is 4. The standard InChI is InChI=1S/C14H26N2O2.ClH/c1-3-13(18-12-6-4-5-7-12)14(17)16-9-8-15-11(2)10-16;/h11-13,15H,3-10H2,1-2H3;1H. The van der Waals surface area contributed by atoms with E-state index in [9.17, 15) is 4.79 Å². The predicted molar refractivity (Wildman–Crippen MR) is 78.7 cm³/mol. The molecule has 2 rings (SSSR count). The zero-order valence-corrected chi connectivity index (χ0v) is 12.9. The lowest BCUT2D eigenvalue weighted by atomic mass is 10.1. The van der Waals surface area contributed by atoms with Gasteiger partial charge in [0.1, 0.15) is 6.10 Å². The molecule has 0 spiro atoms. The second-order valence-corrected chi connectivity index (χ2v) is 5.58. The maximum absolute atomic E-state index is 12.4. The Bertz CT molecular complexity index is 283. The summed E-state index contributed by atoms with van der Waals surface area (Å²) in [5.74, 6) is 0.192. The Morgan fingerprint density at radius 3 is 2.68 bits per heavy atom. The fraction of sp³-hybridized carbons (Fsp3) is 0.929. The van der Waals surface area contributed by atoms with Gasteiger partial charge in [0.15, 0.2) is 0 Å². The molecule has 0 radical (unpaired) electrons. The van der Waals surface area contributed by atoms with Crippen LogP contribution in [0.4, 0.5) is 0 Å². The van der Waals surface area contributed by atoms with Crippen molar-refractivity contribution in [2.75, 3.05) is 19.6 Å². The summed E-state index contributed by atoms with van der Waals surface area (Å²) in [4.78, 5) is 14.4. The quantitative estimate of drug-likeness (QED) is 0.861. The number of carbonyl (C=O) groups is 1. The van der Waals surface area contributed by atoms with Crippen molar-refractivity contribution in [1.29, 1.82) is 0 Å². The van der Waals surface area contributed by atoms with Gasteiger partial charge in [0.05, 0.1) is 6.10 Å². The maximum atomic E-state index is 12.4. The molecule has 1 aliphatic heterocycles. The molecule has 2 aliphatic rings. The Kier molecular flexibility index (Phi) is 7.11. The third kappa shape index (κ3) is 4.62. The minimum atomic E-state index is -0.224. The number of halogens is 1. The second kappa shape index (κ2) is 8.08. The lowest BCUT2D eigenvalue weighted by Gasteiger charge is -2.34. The second-order valence-electron chi connectivity index (χ2n) is 5.58. The summed E-state index contributed by atoms with van der Waals surface area (Å²) in [5, 5.41) is 3.36. The van der Waals surface area contributed by atoms with Crippen molar-refractivity contribution < 1.29 is 9.53 Å². The number of piperazine rings is 1. The van der Waals surface area contributed by atoms with Gasteiger partial charge in [-0.05, 0) is 26.2 Å². The first-order valence-corrected chi connectivity index (χ1v) is 7.38. The molecule has 112 valence electrons. The van der Waals surface area contributed by atoms with Crippen LogP contribution in [0.5, 0.6) is 0 Å². The number of nitrogens with zero attached hydrogens (tertiary/aromatic N) is 1. The maximum Gasteiger partial charge on any atom is 0.251 e. The van der Waals surface area contributed by atoms with E-state index in [2.05, 4.69) is 12.2 Å². The van der Waals surface area contributed by atoms with E-state index in [1.807, 2.05) is 11.8 Å². The zero-order valence-electron chi connectivity index (χ0n) is 12.1. The topological polar surface area (TPSA) is 41.6 Å². The zero-order chi connectivity index (χ0) is 13.0. The van der Waals surface area contributed by atoms with Crippen molar-refractivity contribution in [2.24, 2.45) is 0 Å². The van der Waals surface area contributed by atoms with Gasteiger partial charge >= 0.3 is 0 Å². The third-order valence-corrected chi connectivity index (χ3v) is 3.99.